The number of hydrogen-bond donors (Lipinski definition) is 1. The monoisotopic (exact) mass is 346 g/mol. The van der Waals surface area contributed by atoms with E-state index in [2.05, 4.69) is 26.2 Å². The predicted octanol–water partition coefficient (Wildman–Crippen LogP) is 2.10. The maximum Gasteiger partial charge on any atom is 0.256 e. The SMILES string of the molecule is Cc1cc(C(=O)N2CCN(c3cc(C#N)ccn3)CC2)c2[nH]ncc2c1. The molecule has 26 heavy (non-hydrogen) atoms. The molecule has 7 heteroatoms. The molecule has 1 fully saturated rings. The number of anilines is 1. The van der Waals surface area contributed by atoms with E-state index in [4.69, 9.17) is 5.26 Å². The highest BCUT2D eigenvalue weighted by atomic mass is 16.2. The molecular weight excluding hydrogens is 328 g/mol. The number of aromatic nitrogens is 3. The Balaban J connectivity index is 1.51. The van der Waals surface area contributed by atoms with E-state index in [0.29, 0.717) is 37.3 Å². The van der Waals surface area contributed by atoms with E-state index < -0.39 is 0 Å². The van der Waals surface area contributed by atoms with E-state index >= 15 is 0 Å². The van der Waals surface area contributed by atoms with Gasteiger partial charge in [-0.05, 0) is 36.8 Å². The number of pyridine rings is 1. The summed E-state index contributed by atoms with van der Waals surface area (Å²) < 4.78 is 0. The van der Waals surface area contributed by atoms with Crippen LogP contribution < -0.4 is 4.90 Å². The number of nitrogens with zero attached hydrogens (tertiary/aromatic N) is 5. The molecule has 3 aromatic rings. The molecule has 1 saturated heterocycles. The second kappa shape index (κ2) is 6.48. The van der Waals surface area contributed by atoms with Crippen molar-refractivity contribution in [2.45, 2.75) is 6.92 Å². The maximum atomic E-state index is 13.0. The summed E-state index contributed by atoms with van der Waals surface area (Å²) >= 11 is 0. The smallest absolute Gasteiger partial charge is 0.256 e. The molecule has 0 spiro atoms. The third kappa shape index (κ3) is 2.86. The summed E-state index contributed by atoms with van der Waals surface area (Å²) in [5.74, 6) is 0.795. The molecule has 0 atom stereocenters. The van der Waals surface area contributed by atoms with E-state index in [1.54, 1.807) is 24.5 Å². The molecule has 1 amide bonds. The summed E-state index contributed by atoms with van der Waals surface area (Å²) in [6, 6.07) is 9.53. The van der Waals surface area contributed by atoms with Crippen LogP contribution in [0.3, 0.4) is 0 Å². The van der Waals surface area contributed by atoms with Crippen LogP contribution in [0.1, 0.15) is 21.5 Å². The molecule has 0 saturated carbocycles. The van der Waals surface area contributed by atoms with Gasteiger partial charge in [0.15, 0.2) is 0 Å². The van der Waals surface area contributed by atoms with Crippen molar-refractivity contribution in [1.82, 2.24) is 20.1 Å². The molecule has 1 N–H and O–H groups in total. The molecule has 1 aromatic carbocycles. The molecule has 0 bridgehead atoms. The first-order valence-corrected chi connectivity index (χ1v) is 8.50. The molecule has 1 aliphatic heterocycles. The minimum Gasteiger partial charge on any atom is -0.353 e. The molecule has 4 rings (SSSR count). The van der Waals surface area contributed by atoms with Gasteiger partial charge in [0, 0.05) is 37.8 Å². The first-order chi connectivity index (χ1) is 12.7. The third-order valence-electron chi connectivity index (χ3n) is 4.69. The summed E-state index contributed by atoms with van der Waals surface area (Å²) in [6.45, 7) is 4.58. The van der Waals surface area contributed by atoms with E-state index in [-0.39, 0.29) is 5.91 Å². The fourth-order valence-corrected chi connectivity index (χ4v) is 3.35. The summed E-state index contributed by atoms with van der Waals surface area (Å²) in [4.78, 5) is 21.3. The van der Waals surface area contributed by atoms with E-state index in [1.165, 1.54) is 0 Å². The zero-order valence-electron chi connectivity index (χ0n) is 14.4. The van der Waals surface area contributed by atoms with Gasteiger partial charge in [-0.1, -0.05) is 0 Å². The Labute approximate surface area is 150 Å². The van der Waals surface area contributed by atoms with Crippen molar-refractivity contribution in [3.8, 4) is 6.07 Å². The van der Waals surface area contributed by atoms with Crippen LogP contribution in [-0.2, 0) is 0 Å². The van der Waals surface area contributed by atoms with Crippen LogP contribution >= 0.6 is 0 Å². The first kappa shape index (κ1) is 16.1. The van der Waals surface area contributed by atoms with Gasteiger partial charge in [-0.25, -0.2) is 4.98 Å². The molecule has 1 aliphatic rings. The Morgan fingerprint density at radius 2 is 2.04 bits per heavy atom. The van der Waals surface area contributed by atoms with Gasteiger partial charge in [-0.15, -0.1) is 0 Å². The number of carbonyl (C=O) groups is 1. The minimum atomic E-state index is 0.0151. The number of carbonyl (C=O) groups excluding carboxylic acids is 1. The largest absolute Gasteiger partial charge is 0.353 e. The van der Waals surface area contributed by atoms with Gasteiger partial charge in [0.05, 0.1) is 28.9 Å². The van der Waals surface area contributed by atoms with Crippen molar-refractivity contribution in [3.63, 3.8) is 0 Å². The lowest BCUT2D eigenvalue weighted by Crippen LogP contribution is -2.49. The molecule has 7 nitrogen and oxygen atoms in total. The van der Waals surface area contributed by atoms with Crippen molar-refractivity contribution < 1.29 is 4.79 Å². The van der Waals surface area contributed by atoms with Gasteiger partial charge < -0.3 is 9.80 Å². The molecular formula is C19H18N6O. The Morgan fingerprint density at radius 1 is 1.23 bits per heavy atom. The fourth-order valence-electron chi connectivity index (χ4n) is 3.35. The second-order valence-electron chi connectivity index (χ2n) is 6.44. The summed E-state index contributed by atoms with van der Waals surface area (Å²) in [5, 5.41) is 17.0. The predicted molar refractivity (Wildman–Crippen MR) is 97.9 cm³/mol. The molecule has 2 aromatic heterocycles. The quantitative estimate of drug-likeness (QED) is 0.767. The number of piperazine rings is 1. The van der Waals surface area contributed by atoms with Crippen LogP contribution in [0.15, 0.2) is 36.7 Å². The van der Waals surface area contributed by atoms with Crippen molar-refractivity contribution >= 4 is 22.6 Å². The summed E-state index contributed by atoms with van der Waals surface area (Å²) in [7, 11) is 0. The number of rotatable bonds is 2. The summed E-state index contributed by atoms with van der Waals surface area (Å²) in [6.07, 6.45) is 3.39. The number of benzene rings is 1. The number of nitriles is 1. The van der Waals surface area contributed by atoms with Crippen LogP contribution in [0.4, 0.5) is 5.82 Å². The normalized spacial score (nSPS) is 14.5. The highest BCUT2D eigenvalue weighted by Crippen LogP contribution is 2.22. The van der Waals surface area contributed by atoms with Gasteiger partial charge in [0.1, 0.15) is 5.82 Å². The summed E-state index contributed by atoms with van der Waals surface area (Å²) in [5.41, 5.74) is 3.08. The minimum absolute atomic E-state index is 0.0151. The molecule has 0 radical (unpaired) electrons. The molecule has 3 heterocycles. The number of fused-ring (bicyclic) bond motifs is 1. The van der Waals surface area contributed by atoms with Gasteiger partial charge in [-0.3, -0.25) is 9.89 Å². The van der Waals surface area contributed by atoms with Gasteiger partial charge >= 0.3 is 0 Å². The number of nitrogens with one attached hydrogen (secondary N) is 1. The van der Waals surface area contributed by atoms with Crippen molar-refractivity contribution in [2.24, 2.45) is 0 Å². The number of hydrogen-bond acceptors (Lipinski definition) is 5. The van der Waals surface area contributed by atoms with Crippen LogP contribution in [-0.4, -0.2) is 52.2 Å². The maximum absolute atomic E-state index is 13.0. The van der Waals surface area contributed by atoms with Crippen molar-refractivity contribution in [3.05, 3.63) is 53.3 Å². The van der Waals surface area contributed by atoms with Crippen LogP contribution in [0.5, 0.6) is 0 Å². The highest BCUT2D eigenvalue weighted by Gasteiger charge is 2.24. The zero-order chi connectivity index (χ0) is 18.1. The topological polar surface area (TPSA) is 88.9 Å². The lowest BCUT2D eigenvalue weighted by Gasteiger charge is -2.35. The van der Waals surface area contributed by atoms with Crippen molar-refractivity contribution in [1.29, 1.82) is 5.26 Å². The Kier molecular flexibility index (Phi) is 4.01. The van der Waals surface area contributed by atoms with E-state index in [1.807, 2.05) is 24.0 Å². The second-order valence-corrected chi connectivity index (χ2v) is 6.44. The zero-order valence-corrected chi connectivity index (χ0v) is 14.4. The van der Waals surface area contributed by atoms with E-state index in [9.17, 15) is 4.79 Å². The van der Waals surface area contributed by atoms with Gasteiger partial charge in [-0.2, -0.15) is 10.4 Å². The van der Waals surface area contributed by atoms with Crippen LogP contribution in [0, 0.1) is 18.3 Å². The number of aromatic amines is 1. The Morgan fingerprint density at radius 3 is 2.81 bits per heavy atom. The number of H-pyrrole nitrogens is 1. The van der Waals surface area contributed by atoms with E-state index in [0.717, 1.165) is 22.3 Å². The van der Waals surface area contributed by atoms with Crippen LogP contribution in [0.2, 0.25) is 0 Å². The van der Waals surface area contributed by atoms with Crippen LogP contribution in [0.25, 0.3) is 10.9 Å². The van der Waals surface area contributed by atoms with Gasteiger partial charge in [0.2, 0.25) is 0 Å². The average molecular weight is 346 g/mol. The van der Waals surface area contributed by atoms with Crippen molar-refractivity contribution in [2.75, 3.05) is 31.1 Å². The third-order valence-corrected chi connectivity index (χ3v) is 4.69. The van der Waals surface area contributed by atoms with Gasteiger partial charge in [0.25, 0.3) is 5.91 Å². The highest BCUT2D eigenvalue weighted by molar-refractivity contribution is 6.05. The standard InChI is InChI=1S/C19H18N6O/c1-13-8-15-12-22-23-18(15)16(9-13)19(26)25-6-4-24(5-7-25)17-10-14(11-20)2-3-21-17/h2-3,8-10,12H,4-7H2,1H3,(H,22,23). The Bertz CT molecular complexity index is 1010. The number of aryl methyl sites for hydroxylation is 1. The molecule has 130 valence electrons. The average Bonchev–Trinajstić information content (AvgIpc) is 3.15. The number of amides is 1. The lowest BCUT2D eigenvalue weighted by atomic mass is 10.1. The molecule has 0 aliphatic carbocycles. The Hall–Kier alpha value is -3.40. The lowest BCUT2D eigenvalue weighted by molar-refractivity contribution is 0.0748. The first-order valence-electron chi connectivity index (χ1n) is 8.50. The molecule has 0 unspecified atom stereocenters. The fraction of sp³-hybridized carbons (Fsp3) is 0.263.